The molecule has 28 heavy (non-hydrogen) atoms. The van der Waals surface area contributed by atoms with Gasteiger partial charge in [0.2, 0.25) is 11.1 Å². The van der Waals surface area contributed by atoms with Crippen molar-refractivity contribution in [1.82, 2.24) is 20.2 Å². The molecular weight excluding hydrogens is 378 g/mol. The largest absolute Gasteiger partial charge is 0.325 e. The van der Waals surface area contributed by atoms with Crippen LogP contribution in [-0.4, -0.2) is 43.4 Å². The highest BCUT2D eigenvalue weighted by Gasteiger charge is 2.12. The number of carbonyl (C=O) groups is 3. The molecule has 2 aromatic carbocycles. The molecule has 0 aliphatic rings. The van der Waals surface area contributed by atoms with Gasteiger partial charge in [-0.25, -0.2) is 0 Å². The summed E-state index contributed by atoms with van der Waals surface area (Å²) in [7, 11) is 0. The van der Waals surface area contributed by atoms with Crippen LogP contribution < -0.4 is 5.32 Å². The molecule has 0 radical (unpaired) electrons. The van der Waals surface area contributed by atoms with Gasteiger partial charge in [-0.05, 0) is 72.8 Å². The van der Waals surface area contributed by atoms with Crippen molar-refractivity contribution in [3.8, 4) is 5.69 Å². The van der Waals surface area contributed by atoms with Crippen molar-refractivity contribution < 1.29 is 14.4 Å². The van der Waals surface area contributed by atoms with Gasteiger partial charge in [0.05, 0.1) is 11.4 Å². The second-order valence-electron chi connectivity index (χ2n) is 5.95. The van der Waals surface area contributed by atoms with Crippen molar-refractivity contribution in [2.24, 2.45) is 0 Å². The van der Waals surface area contributed by atoms with Gasteiger partial charge in [0.1, 0.15) is 0 Å². The highest BCUT2D eigenvalue weighted by Crippen LogP contribution is 2.19. The average Bonchev–Trinajstić information content (AvgIpc) is 3.15. The van der Waals surface area contributed by atoms with Gasteiger partial charge in [0, 0.05) is 16.8 Å². The van der Waals surface area contributed by atoms with Crippen molar-refractivity contribution in [2.75, 3.05) is 11.1 Å². The maximum absolute atomic E-state index is 12.2. The molecule has 0 bridgehead atoms. The highest BCUT2D eigenvalue weighted by atomic mass is 32.2. The Labute approximate surface area is 165 Å². The molecule has 0 spiro atoms. The molecule has 142 valence electrons. The van der Waals surface area contributed by atoms with E-state index in [4.69, 9.17) is 0 Å². The fourth-order valence-electron chi connectivity index (χ4n) is 2.38. The van der Waals surface area contributed by atoms with E-state index in [1.165, 1.54) is 30.3 Å². The zero-order valence-corrected chi connectivity index (χ0v) is 16.1. The molecule has 0 atom stereocenters. The average molecular weight is 395 g/mol. The molecule has 8 nitrogen and oxygen atoms in total. The number of tetrazole rings is 1. The van der Waals surface area contributed by atoms with E-state index in [2.05, 4.69) is 20.8 Å². The molecule has 0 fully saturated rings. The first-order valence-electron chi connectivity index (χ1n) is 8.37. The predicted molar refractivity (Wildman–Crippen MR) is 105 cm³/mol. The minimum absolute atomic E-state index is 0.0223. The molecule has 3 aromatic rings. The molecule has 3 rings (SSSR count). The van der Waals surface area contributed by atoms with Crippen LogP contribution in [0.4, 0.5) is 5.69 Å². The molecule has 1 heterocycles. The Morgan fingerprint density at radius 3 is 2.07 bits per heavy atom. The summed E-state index contributed by atoms with van der Waals surface area (Å²) >= 11 is 1.19. The molecule has 0 aliphatic heterocycles. The number of benzene rings is 2. The van der Waals surface area contributed by atoms with Crippen LogP contribution >= 0.6 is 11.8 Å². The number of amides is 1. The fraction of sp³-hybridized carbons (Fsp3) is 0.158. The quantitative estimate of drug-likeness (QED) is 0.484. The van der Waals surface area contributed by atoms with Crippen molar-refractivity contribution in [3.63, 3.8) is 0 Å². The summed E-state index contributed by atoms with van der Waals surface area (Å²) in [4.78, 5) is 34.8. The van der Waals surface area contributed by atoms with Crippen molar-refractivity contribution in [3.05, 3.63) is 59.7 Å². The number of nitrogens with one attached hydrogen (secondary N) is 1. The van der Waals surface area contributed by atoms with Gasteiger partial charge < -0.3 is 5.32 Å². The van der Waals surface area contributed by atoms with Crippen LogP contribution in [0.2, 0.25) is 0 Å². The Morgan fingerprint density at radius 1 is 0.929 bits per heavy atom. The molecule has 0 saturated carbocycles. The predicted octanol–water partition coefficient (Wildman–Crippen LogP) is 2.80. The number of hydrogen-bond donors (Lipinski definition) is 1. The minimum atomic E-state index is -0.220. The van der Waals surface area contributed by atoms with E-state index in [0.29, 0.717) is 27.7 Å². The highest BCUT2D eigenvalue weighted by molar-refractivity contribution is 7.99. The van der Waals surface area contributed by atoms with Crippen LogP contribution in [0.15, 0.2) is 53.7 Å². The third-order valence-corrected chi connectivity index (χ3v) is 4.79. The van der Waals surface area contributed by atoms with Gasteiger partial charge in [0.25, 0.3) is 0 Å². The van der Waals surface area contributed by atoms with E-state index in [1.807, 2.05) is 0 Å². The summed E-state index contributed by atoms with van der Waals surface area (Å²) in [5, 5.41) is 14.8. The van der Waals surface area contributed by atoms with E-state index in [1.54, 1.807) is 48.5 Å². The number of carbonyl (C=O) groups excluding carboxylic acids is 3. The number of rotatable bonds is 7. The lowest BCUT2D eigenvalue weighted by atomic mass is 10.1. The first-order valence-corrected chi connectivity index (χ1v) is 9.36. The van der Waals surface area contributed by atoms with Crippen LogP contribution in [-0.2, 0) is 4.79 Å². The van der Waals surface area contributed by atoms with E-state index in [-0.39, 0.29) is 23.2 Å². The molecule has 1 amide bonds. The Kier molecular flexibility index (Phi) is 5.95. The maximum Gasteiger partial charge on any atom is 0.234 e. The monoisotopic (exact) mass is 395 g/mol. The summed E-state index contributed by atoms with van der Waals surface area (Å²) in [5.74, 6) is -0.162. The van der Waals surface area contributed by atoms with Gasteiger partial charge in [-0.2, -0.15) is 4.68 Å². The number of Topliss-reactive ketones (excluding diaryl/α,β-unsaturated/α-hetero) is 2. The summed E-state index contributed by atoms with van der Waals surface area (Å²) < 4.78 is 1.50. The van der Waals surface area contributed by atoms with Crippen molar-refractivity contribution in [1.29, 1.82) is 0 Å². The lowest BCUT2D eigenvalue weighted by Crippen LogP contribution is -2.14. The summed E-state index contributed by atoms with van der Waals surface area (Å²) in [6.07, 6.45) is 0. The second-order valence-corrected chi connectivity index (χ2v) is 6.89. The van der Waals surface area contributed by atoms with Gasteiger partial charge in [-0.1, -0.05) is 11.8 Å². The zero-order valence-electron chi connectivity index (χ0n) is 15.2. The number of aromatic nitrogens is 4. The van der Waals surface area contributed by atoms with Crippen LogP contribution in [0.3, 0.4) is 0 Å². The fourth-order valence-corrected chi connectivity index (χ4v) is 3.07. The molecule has 0 aliphatic carbocycles. The van der Waals surface area contributed by atoms with E-state index >= 15 is 0 Å². The minimum Gasteiger partial charge on any atom is -0.325 e. The normalized spacial score (nSPS) is 10.5. The second kappa shape index (κ2) is 8.57. The molecule has 1 N–H and O–H groups in total. The first-order chi connectivity index (χ1) is 13.4. The molecular formula is C19H17N5O3S. The Morgan fingerprint density at radius 2 is 1.50 bits per heavy atom. The van der Waals surface area contributed by atoms with Gasteiger partial charge in [0.15, 0.2) is 11.6 Å². The summed E-state index contributed by atoms with van der Waals surface area (Å²) in [6.45, 7) is 2.99. The summed E-state index contributed by atoms with van der Waals surface area (Å²) in [5.41, 5.74) is 2.48. The third-order valence-electron chi connectivity index (χ3n) is 3.87. The molecule has 0 unspecified atom stereocenters. The SMILES string of the molecule is CC(=O)c1ccc(NC(=O)CSc2nnnn2-c2ccc(C(C)=O)cc2)cc1. The number of hydrogen-bond acceptors (Lipinski definition) is 7. The van der Waals surface area contributed by atoms with E-state index in [0.717, 1.165) is 0 Å². The van der Waals surface area contributed by atoms with E-state index < -0.39 is 0 Å². The number of anilines is 1. The Bertz CT molecular complexity index is 1010. The first kappa shape index (κ1) is 19.4. The topological polar surface area (TPSA) is 107 Å². The van der Waals surface area contributed by atoms with Crippen molar-refractivity contribution >= 4 is 34.9 Å². The van der Waals surface area contributed by atoms with Gasteiger partial charge in [-0.15, -0.1) is 5.10 Å². The molecule has 9 heteroatoms. The van der Waals surface area contributed by atoms with Gasteiger partial charge >= 0.3 is 0 Å². The lowest BCUT2D eigenvalue weighted by Gasteiger charge is -2.07. The van der Waals surface area contributed by atoms with Crippen LogP contribution in [0.25, 0.3) is 5.69 Å². The van der Waals surface area contributed by atoms with E-state index in [9.17, 15) is 14.4 Å². The lowest BCUT2D eigenvalue weighted by molar-refractivity contribution is -0.113. The number of nitrogens with zero attached hydrogens (tertiary/aromatic N) is 4. The Hall–Kier alpha value is -3.33. The standard InChI is InChI=1S/C19H17N5O3S/c1-12(25)14-3-7-16(8-4-14)20-18(27)11-28-19-21-22-23-24(19)17-9-5-15(6-10-17)13(2)26/h3-10H,11H2,1-2H3,(H,20,27). The maximum atomic E-state index is 12.2. The van der Waals surface area contributed by atoms with Crippen LogP contribution in [0.5, 0.6) is 0 Å². The third kappa shape index (κ3) is 4.68. The van der Waals surface area contributed by atoms with Gasteiger partial charge in [-0.3, -0.25) is 14.4 Å². The number of ketones is 2. The Balaban J connectivity index is 1.62. The zero-order chi connectivity index (χ0) is 20.1. The van der Waals surface area contributed by atoms with Crippen molar-refractivity contribution in [2.45, 2.75) is 19.0 Å². The summed E-state index contributed by atoms with van der Waals surface area (Å²) in [6, 6.07) is 13.6. The smallest absolute Gasteiger partial charge is 0.234 e. The van der Waals surface area contributed by atoms with Crippen LogP contribution in [0, 0.1) is 0 Å². The molecule has 0 saturated heterocycles. The molecule has 1 aromatic heterocycles. The number of thioether (sulfide) groups is 1. The van der Waals surface area contributed by atoms with Crippen LogP contribution in [0.1, 0.15) is 34.6 Å².